The molecule has 1 aromatic carbocycles. The molecule has 9 nitrogen and oxygen atoms in total. The minimum Gasteiger partial charge on any atom is -0.442 e. The molecule has 26 heavy (non-hydrogen) atoms. The van der Waals surface area contributed by atoms with E-state index in [1.54, 1.807) is 6.07 Å². The summed E-state index contributed by atoms with van der Waals surface area (Å²) in [7, 11) is 1.44. The first-order chi connectivity index (χ1) is 12.5. The third-order valence-electron chi connectivity index (χ3n) is 4.89. The number of rotatable bonds is 3. The molecule has 2 aromatic heterocycles. The number of fused-ring (bicyclic) bond motifs is 5. The fourth-order valence-electron chi connectivity index (χ4n) is 3.69. The molecule has 2 aliphatic heterocycles. The number of aryl methyl sites for hydroxylation is 1. The van der Waals surface area contributed by atoms with Gasteiger partial charge in [0, 0.05) is 31.2 Å². The van der Waals surface area contributed by atoms with E-state index in [1.807, 2.05) is 0 Å². The molecule has 0 radical (unpaired) electrons. The summed E-state index contributed by atoms with van der Waals surface area (Å²) in [5.41, 5.74) is 1.29. The lowest BCUT2D eigenvalue weighted by Gasteiger charge is -2.16. The second kappa shape index (κ2) is 5.10. The number of ether oxygens (including phenoxy) is 1. The molecule has 0 bridgehead atoms. The van der Waals surface area contributed by atoms with Gasteiger partial charge in [0.2, 0.25) is 0 Å². The Labute approximate surface area is 144 Å². The minimum absolute atomic E-state index is 0.0977. The first-order valence-corrected chi connectivity index (χ1v) is 7.99. The van der Waals surface area contributed by atoms with Crippen molar-refractivity contribution >= 4 is 28.7 Å². The predicted molar refractivity (Wildman–Crippen MR) is 86.6 cm³/mol. The third-order valence-corrected chi connectivity index (χ3v) is 4.89. The number of hydrogen-bond donors (Lipinski definition) is 1. The van der Waals surface area contributed by atoms with Crippen LogP contribution in [0.25, 0.3) is 11.1 Å². The summed E-state index contributed by atoms with van der Waals surface area (Å²) in [4.78, 5) is 25.5. The van der Waals surface area contributed by atoms with Gasteiger partial charge in [-0.25, -0.2) is 14.0 Å². The summed E-state index contributed by atoms with van der Waals surface area (Å²) in [6.07, 6.45) is 0.797. The summed E-state index contributed by atoms with van der Waals surface area (Å²) >= 11 is 0. The lowest BCUT2D eigenvalue weighted by molar-refractivity contribution is 0.137. The number of halogens is 1. The fourth-order valence-corrected chi connectivity index (χ4v) is 3.69. The van der Waals surface area contributed by atoms with Crippen LogP contribution in [0.2, 0.25) is 0 Å². The number of carbonyl (C=O) groups is 1. The molecule has 134 valence electrons. The topological polar surface area (TPSA) is 103 Å². The van der Waals surface area contributed by atoms with Crippen LogP contribution in [0.1, 0.15) is 5.56 Å². The molecule has 0 unspecified atom stereocenters. The third kappa shape index (κ3) is 1.92. The monoisotopic (exact) mass is 360 g/mol. The number of amides is 1. The van der Waals surface area contributed by atoms with E-state index in [9.17, 15) is 14.0 Å². The van der Waals surface area contributed by atoms with E-state index < -0.39 is 23.8 Å². The van der Waals surface area contributed by atoms with Crippen LogP contribution in [0.5, 0.6) is 0 Å². The molecule has 1 amide bonds. The number of benzene rings is 1. The van der Waals surface area contributed by atoms with Crippen molar-refractivity contribution < 1.29 is 22.9 Å². The second-order valence-corrected chi connectivity index (χ2v) is 6.29. The molecule has 1 N–H and O–H groups in total. The Morgan fingerprint density at radius 1 is 1.42 bits per heavy atom. The smallest absolute Gasteiger partial charge is 0.419 e. The van der Waals surface area contributed by atoms with Crippen LogP contribution in [-0.4, -0.2) is 34.5 Å². The lowest BCUT2D eigenvalue weighted by Crippen LogP contribution is -2.36. The molecule has 2 atom stereocenters. The number of nitrogens with zero attached hydrogens (tertiary/aromatic N) is 3. The van der Waals surface area contributed by atoms with Gasteiger partial charge in [0.05, 0.1) is 18.3 Å². The van der Waals surface area contributed by atoms with Crippen LogP contribution in [0.15, 0.2) is 32.1 Å². The Morgan fingerprint density at radius 2 is 2.27 bits per heavy atom. The molecule has 0 spiro atoms. The number of cyclic esters (lactones) is 1. The second-order valence-electron chi connectivity index (χ2n) is 6.29. The molecular formula is C16H13FN4O5. The quantitative estimate of drug-likeness (QED) is 0.757. The van der Waals surface area contributed by atoms with Gasteiger partial charge in [0.1, 0.15) is 17.9 Å². The molecule has 5 rings (SSSR count). The number of nitrogens with one attached hydrogen (secondary N) is 1. The van der Waals surface area contributed by atoms with Gasteiger partial charge in [-0.05, 0) is 0 Å². The van der Waals surface area contributed by atoms with E-state index in [4.69, 9.17) is 13.7 Å². The molecule has 3 aromatic rings. The van der Waals surface area contributed by atoms with Crippen LogP contribution >= 0.6 is 0 Å². The highest BCUT2D eigenvalue weighted by Gasteiger charge is 2.49. The average Bonchev–Trinajstić information content (AvgIpc) is 3.34. The fraction of sp³-hybridized carbons (Fsp3) is 0.312. The zero-order valence-electron chi connectivity index (χ0n) is 13.6. The Morgan fingerprint density at radius 3 is 3.04 bits per heavy atom. The van der Waals surface area contributed by atoms with Crippen molar-refractivity contribution in [1.29, 1.82) is 0 Å². The molecule has 4 heterocycles. The zero-order valence-corrected chi connectivity index (χ0v) is 13.6. The standard InChI is InChI=1S/C16H13FN4O5/c1-20-13-8(17)5-9-7(14(13)26-15(20)22)4-10-11(25-16(23)21(9)10)6-18-12-2-3-24-19-12/h2-3,5,10-11H,4,6H2,1H3,(H,18,19)/t10-,11-/m0/s1. The van der Waals surface area contributed by atoms with Gasteiger partial charge in [-0.15, -0.1) is 0 Å². The van der Waals surface area contributed by atoms with E-state index in [-0.39, 0.29) is 17.1 Å². The first kappa shape index (κ1) is 15.0. The average molecular weight is 360 g/mol. The summed E-state index contributed by atoms with van der Waals surface area (Å²) in [6, 6.07) is 2.57. The highest BCUT2D eigenvalue weighted by Crippen LogP contribution is 2.42. The van der Waals surface area contributed by atoms with Crippen molar-refractivity contribution in [1.82, 2.24) is 9.72 Å². The van der Waals surface area contributed by atoms with Gasteiger partial charge in [-0.3, -0.25) is 9.47 Å². The van der Waals surface area contributed by atoms with Crippen LogP contribution < -0.4 is 16.0 Å². The Balaban J connectivity index is 1.53. The molecule has 0 saturated carbocycles. The van der Waals surface area contributed by atoms with Gasteiger partial charge < -0.3 is 19.0 Å². The van der Waals surface area contributed by atoms with E-state index in [0.29, 0.717) is 30.0 Å². The van der Waals surface area contributed by atoms with Crippen LogP contribution in [0.3, 0.4) is 0 Å². The highest BCUT2D eigenvalue weighted by atomic mass is 19.1. The van der Waals surface area contributed by atoms with Crippen molar-refractivity contribution in [3.63, 3.8) is 0 Å². The number of oxazole rings is 1. The number of carbonyl (C=O) groups excluding carboxylic acids is 1. The SMILES string of the molecule is Cn1c(=O)oc2c3c(cc(F)c21)N1C(=O)O[C@@H](CNc2ccon2)[C@@H]1C3. The maximum atomic E-state index is 14.5. The molecule has 10 heteroatoms. The van der Waals surface area contributed by atoms with Gasteiger partial charge in [-0.1, -0.05) is 5.16 Å². The first-order valence-electron chi connectivity index (χ1n) is 7.99. The van der Waals surface area contributed by atoms with E-state index in [0.717, 1.165) is 4.57 Å². The maximum Gasteiger partial charge on any atom is 0.419 e. The minimum atomic E-state index is -0.647. The zero-order chi connectivity index (χ0) is 18.0. The Kier molecular flexibility index (Phi) is 2.94. The molecule has 1 fully saturated rings. The summed E-state index contributed by atoms with van der Waals surface area (Å²) in [5, 5.41) is 6.77. The van der Waals surface area contributed by atoms with E-state index in [2.05, 4.69) is 10.5 Å². The van der Waals surface area contributed by atoms with E-state index in [1.165, 1.54) is 24.3 Å². The van der Waals surface area contributed by atoms with Gasteiger partial charge in [0.15, 0.2) is 17.2 Å². The van der Waals surface area contributed by atoms with Crippen LogP contribution in [0.4, 0.5) is 20.7 Å². The van der Waals surface area contributed by atoms with E-state index >= 15 is 0 Å². The predicted octanol–water partition coefficient (Wildman–Crippen LogP) is 1.62. The van der Waals surface area contributed by atoms with Gasteiger partial charge in [0.25, 0.3) is 0 Å². The number of anilines is 2. The summed E-state index contributed by atoms with van der Waals surface area (Å²) in [6.45, 7) is 0.317. The van der Waals surface area contributed by atoms with Crippen molar-refractivity contribution in [2.45, 2.75) is 18.6 Å². The largest absolute Gasteiger partial charge is 0.442 e. The molecule has 1 saturated heterocycles. The Bertz CT molecular complexity index is 1090. The summed E-state index contributed by atoms with van der Waals surface area (Å²) < 4.78 is 31.0. The normalized spacial score (nSPS) is 21.2. The highest BCUT2D eigenvalue weighted by molar-refractivity contribution is 5.98. The summed E-state index contributed by atoms with van der Waals surface area (Å²) in [5.74, 6) is -0.742. The molecular weight excluding hydrogens is 347 g/mol. The Hall–Kier alpha value is -3.30. The number of aromatic nitrogens is 2. The van der Waals surface area contributed by atoms with Crippen molar-refractivity contribution in [2.75, 3.05) is 16.8 Å². The molecule has 0 aliphatic carbocycles. The number of hydrogen-bond acceptors (Lipinski definition) is 7. The maximum absolute atomic E-state index is 14.5. The van der Waals surface area contributed by atoms with Crippen LogP contribution in [-0.2, 0) is 18.2 Å². The van der Waals surface area contributed by atoms with Crippen molar-refractivity contribution in [2.24, 2.45) is 7.05 Å². The molecule has 2 aliphatic rings. The van der Waals surface area contributed by atoms with Crippen molar-refractivity contribution in [3.05, 3.63) is 40.3 Å². The van der Waals surface area contributed by atoms with Gasteiger partial charge in [-0.2, -0.15) is 0 Å². The van der Waals surface area contributed by atoms with Crippen molar-refractivity contribution in [3.8, 4) is 0 Å². The van der Waals surface area contributed by atoms with Crippen LogP contribution in [0, 0.1) is 5.82 Å². The van der Waals surface area contributed by atoms with Gasteiger partial charge >= 0.3 is 11.8 Å². The lowest BCUT2D eigenvalue weighted by atomic mass is 10.0.